The van der Waals surface area contributed by atoms with Gasteiger partial charge in [0, 0.05) is 22.2 Å². The number of amides is 1. The lowest BCUT2D eigenvalue weighted by molar-refractivity contribution is -0.149. The maximum atomic E-state index is 12.2. The summed E-state index contributed by atoms with van der Waals surface area (Å²) in [5, 5.41) is 7.10. The van der Waals surface area contributed by atoms with E-state index in [2.05, 4.69) is 26.3 Å². The molecule has 6 nitrogen and oxygen atoms in total. The van der Waals surface area contributed by atoms with Crippen molar-refractivity contribution in [3.05, 3.63) is 52.3 Å². The van der Waals surface area contributed by atoms with Gasteiger partial charge in [0.25, 0.3) is 0 Å². The van der Waals surface area contributed by atoms with Crippen LogP contribution in [0.3, 0.4) is 0 Å². The van der Waals surface area contributed by atoms with Gasteiger partial charge < -0.3 is 10.1 Å². The van der Waals surface area contributed by atoms with E-state index in [0.717, 1.165) is 41.3 Å². The second kappa shape index (κ2) is 9.87. The molecule has 1 amide bonds. The number of carbonyl (C=O) groups is 2. The van der Waals surface area contributed by atoms with Crippen LogP contribution < -0.4 is 5.32 Å². The zero-order chi connectivity index (χ0) is 19.9. The minimum Gasteiger partial charge on any atom is -0.459 e. The van der Waals surface area contributed by atoms with E-state index in [4.69, 9.17) is 4.74 Å². The smallest absolute Gasteiger partial charge is 0.328 e. The molecule has 0 aliphatic heterocycles. The standard InChI is InChI=1S/C21H26BrN3O3/c1-15(24-20(26)18-5-3-2-4-6-18)21(27)28-14-17-11-23-25(13-17)12-16-7-9-19(22)10-8-16/h7-11,13,15,18H,2-6,12,14H2,1H3,(H,24,26)/t15-/m0/s1. The van der Waals surface area contributed by atoms with Crippen LogP contribution in [0.15, 0.2) is 41.1 Å². The lowest BCUT2D eigenvalue weighted by Crippen LogP contribution is -2.42. The van der Waals surface area contributed by atoms with Gasteiger partial charge in [-0.1, -0.05) is 47.3 Å². The fourth-order valence-corrected chi connectivity index (χ4v) is 3.64. The summed E-state index contributed by atoms with van der Waals surface area (Å²) in [5.74, 6) is -0.433. The normalized spacial score (nSPS) is 15.8. The molecule has 1 aromatic carbocycles. The molecule has 2 aromatic rings. The molecule has 1 atom stereocenters. The highest BCUT2D eigenvalue weighted by Crippen LogP contribution is 2.23. The summed E-state index contributed by atoms with van der Waals surface area (Å²) in [6.45, 7) is 2.46. The van der Waals surface area contributed by atoms with E-state index in [9.17, 15) is 9.59 Å². The molecule has 28 heavy (non-hydrogen) atoms. The van der Waals surface area contributed by atoms with E-state index < -0.39 is 12.0 Å². The number of halogens is 1. The highest BCUT2D eigenvalue weighted by Gasteiger charge is 2.25. The Hall–Kier alpha value is -2.15. The molecule has 0 saturated heterocycles. The van der Waals surface area contributed by atoms with Crippen LogP contribution in [0.2, 0.25) is 0 Å². The van der Waals surface area contributed by atoms with Gasteiger partial charge in [-0.05, 0) is 37.5 Å². The van der Waals surface area contributed by atoms with Crippen LogP contribution in [0.4, 0.5) is 0 Å². The van der Waals surface area contributed by atoms with Crippen molar-refractivity contribution in [2.24, 2.45) is 5.92 Å². The molecule has 1 aliphatic rings. The average molecular weight is 448 g/mol. The van der Waals surface area contributed by atoms with Crippen LogP contribution in [0.5, 0.6) is 0 Å². The number of esters is 1. The van der Waals surface area contributed by atoms with Gasteiger partial charge in [0.2, 0.25) is 5.91 Å². The first kappa shape index (κ1) is 20.6. The van der Waals surface area contributed by atoms with Crippen molar-refractivity contribution < 1.29 is 14.3 Å². The fraction of sp³-hybridized carbons (Fsp3) is 0.476. The van der Waals surface area contributed by atoms with Crippen molar-refractivity contribution in [2.45, 2.75) is 58.2 Å². The molecule has 1 saturated carbocycles. The Morgan fingerprint density at radius 1 is 1.21 bits per heavy atom. The zero-order valence-electron chi connectivity index (χ0n) is 16.1. The lowest BCUT2D eigenvalue weighted by Gasteiger charge is -2.22. The molecule has 1 heterocycles. The van der Waals surface area contributed by atoms with Crippen molar-refractivity contribution in [2.75, 3.05) is 0 Å². The van der Waals surface area contributed by atoms with Crippen molar-refractivity contribution >= 4 is 27.8 Å². The topological polar surface area (TPSA) is 73.2 Å². The van der Waals surface area contributed by atoms with E-state index in [1.54, 1.807) is 17.8 Å². The monoisotopic (exact) mass is 447 g/mol. The molecule has 150 valence electrons. The number of aromatic nitrogens is 2. The number of carbonyl (C=O) groups excluding carboxylic acids is 2. The van der Waals surface area contributed by atoms with Crippen LogP contribution in [0.25, 0.3) is 0 Å². The van der Waals surface area contributed by atoms with Crippen molar-refractivity contribution in [1.29, 1.82) is 0 Å². The van der Waals surface area contributed by atoms with E-state index in [0.29, 0.717) is 6.54 Å². The predicted octanol–water partition coefficient (Wildman–Crippen LogP) is 3.82. The number of hydrogen-bond acceptors (Lipinski definition) is 4. The van der Waals surface area contributed by atoms with E-state index in [-0.39, 0.29) is 18.4 Å². The largest absolute Gasteiger partial charge is 0.459 e. The molecule has 0 radical (unpaired) electrons. The third-order valence-corrected chi connectivity index (χ3v) is 5.54. The minimum absolute atomic E-state index is 0.0286. The molecule has 1 aliphatic carbocycles. The van der Waals surface area contributed by atoms with Crippen LogP contribution in [0, 0.1) is 5.92 Å². The molecule has 0 unspecified atom stereocenters. The number of nitrogens with one attached hydrogen (secondary N) is 1. The van der Waals surface area contributed by atoms with Crippen molar-refractivity contribution in [3.8, 4) is 0 Å². The number of rotatable bonds is 7. The van der Waals surface area contributed by atoms with E-state index in [1.807, 2.05) is 30.5 Å². The summed E-state index contributed by atoms with van der Waals surface area (Å²) >= 11 is 3.42. The van der Waals surface area contributed by atoms with Gasteiger partial charge in [0.15, 0.2) is 0 Å². The summed E-state index contributed by atoms with van der Waals surface area (Å²) in [6, 6.07) is 7.39. The first-order chi connectivity index (χ1) is 13.5. The first-order valence-corrected chi connectivity index (χ1v) is 10.5. The Morgan fingerprint density at radius 2 is 1.93 bits per heavy atom. The maximum absolute atomic E-state index is 12.2. The quantitative estimate of drug-likeness (QED) is 0.654. The lowest BCUT2D eigenvalue weighted by atomic mass is 9.88. The van der Waals surface area contributed by atoms with Gasteiger partial charge in [-0.2, -0.15) is 5.10 Å². The summed E-state index contributed by atoms with van der Waals surface area (Å²) in [4.78, 5) is 24.4. The van der Waals surface area contributed by atoms with Gasteiger partial charge in [0.1, 0.15) is 12.6 Å². The van der Waals surface area contributed by atoms with Crippen molar-refractivity contribution in [1.82, 2.24) is 15.1 Å². The summed E-state index contributed by atoms with van der Waals surface area (Å²) in [6.07, 6.45) is 8.73. The van der Waals surface area contributed by atoms with Gasteiger partial charge in [-0.15, -0.1) is 0 Å². The summed E-state index contributed by atoms with van der Waals surface area (Å²) < 4.78 is 8.19. The molecule has 7 heteroatoms. The van der Waals surface area contributed by atoms with Crippen LogP contribution in [0.1, 0.15) is 50.2 Å². The SMILES string of the molecule is C[C@H](NC(=O)C1CCCCC1)C(=O)OCc1cnn(Cc2ccc(Br)cc2)c1. The van der Waals surface area contributed by atoms with Crippen molar-refractivity contribution in [3.63, 3.8) is 0 Å². The molecule has 1 aromatic heterocycles. The number of nitrogens with zero attached hydrogens (tertiary/aromatic N) is 2. The van der Waals surface area contributed by atoms with Gasteiger partial charge >= 0.3 is 5.97 Å². The molecular formula is C21H26BrN3O3. The van der Waals surface area contributed by atoms with Gasteiger partial charge in [-0.25, -0.2) is 4.79 Å². The van der Waals surface area contributed by atoms with Gasteiger partial charge in [-0.3, -0.25) is 9.48 Å². The third kappa shape index (κ3) is 5.92. The number of ether oxygens (including phenoxy) is 1. The Balaban J connectivity index is 1.44. The number of hydrogen-bond donors (Lipinski definition) is 1. The Kier molecular flexibility index (Phi) is 7.25. The predicted molar refractivity (Wildman–Crippen MR) is 109 cm³/mol. The fourth-order valence-electron chi connectivity index (χ4n) is 3.38. The van der Waals surface area contributed by atoms with Crippen LogP contribution in [-0.2, 0) is 27.5 Å². The van der Waals surface area contributed by atoms with Crippen LogP contribution in [-0.4, -0.2) is 27.7 Å². The maximum Gasteiger partial charge on any atom is 0.328 e. The molecule has 0 spiro atoms. The Morgan fingerprint density at radius 3 is 2.64 bits per heavy atom. The highest BCUT2D eigenvalue weighted by molar-refractivity contribution is 9.10. The van der Waals surface area contributed by atoms with Gasteiger partial charge in [0.05, 0.1) is 12.7 Å². The third-order valence-electron chi connectivity index (χ3n) is 5.01. The molecule has 1 fully saturated rings. The first-order valence-electron chi connectivity index (χ1n) is 9.74. The molecule has 1 N–H and O–H groups in total. The molecule has 0 bridgehead atoms. The summed E-state index contributed by atoms with van der Waals surface area (Å²) in [5.41, 5.74) is 1.95. The Labute approximate surface area is 173 Å². The van der Waals surface area contributed by atoms with Crippen LogP contribution >= 0.6 is 15.9 Å². The minimum atomic E-state index is -0.646. The van der Waals surface area contributed by atoms with E-state index >= 15 is 0 Å². The zero-order valence-corrected chi connectivity index (χ0v) is 17.7. The summed E-state index contributed by atoms with van der Waals surface area (Å²) in [7, 11) is 0. The average Bonchev–Trinajstić information content (AvgIpc) is 3.15. The van der Waals surface area contributed by atoms with E-state index in [1.165, 1.54) is 6.42 Å². The Bertz CT molecular complexity index is 797. The second-order valence-corrected chi connectivity index (χ2v) is 8.26. The molecule has 3 rings (SSSR count). The number of benzene rings is 1. The molecular weight excluding hydrogens is 422 g/mol. The second-order valence-electron chi connectivity index (χ2n) is 7.35. The highest BCUT2D eigenvalue weighted by atomic mass is 79.9.